The number of nitrogens with one attached hydrogen (secondary N) is 1. The molecule has 1 amide bonds. The van der Waals surface area contributed by atoms with Crippen LogP contribution in [0.5, 0.6) is 0 Å². The maximum absolute atomic E-state index is 11.7. The van der Waals surface area contributed by atoms with Gasteiger partial charge in [-0.1, -0.05) is 54.6 Å². The van der Waals surface area contributed by atoms with Crippen LogP contribution >= 0.6 is 0 Å². The van der Waals surface area contributed by atoms with Crippen molar-refractivity contribution in [2.75, 3.05) is 13.1 Å². The van der Waals surface area contributed by atoms with E-state index in [9.17, 15) is 4.79 Å². The van der Waals surface area contributed by atoms with Gasteiger partial charge in [0.1, 0.15) is 6.04 Å². The van der Waals surface area contributed by atoms with E-state index in [0.29, 0.717) is 6.54 Å². The minimum Gasteiger partial charge on any atom is -0.368 e. The van der Waals surface area contributed by atoms with Gasteiger partial charge in [-0.3, -0.25) is 15.0 Å². The summed E-state index contributed by atoms with van der Waals surface area (Å²) in [5.74, 6) is -0.355. The molecule has 4 heteroatoms. The summed E-state index contributed by atoms with van der Waals surface area (Å²) in [6.07, 6.45) is 2.63. The standard InChI is InChI=1S/C20H25N3O/c21-20(24)19(18-6-2-1-3-7-18)22-14-16-8-10-17(11-9-16)15-23-12-4-5-13-23/h1-3,6-11,19,22H,4-5,12-15H2,(H2,21,24). The van der Waals surface area contributed by atoms with E-state index in [4.69, 9.17) is 5.73 Å². The molecule has 0 saturated carbocycles. The van der Waals surface area contributed by atoms with Crippen molar-refractivity contribution in [1.29, 1.82) is 0 Å². The Balaban J connectivity index is 1.57. The first-order chi connectivity index (χ1) is 11.7. The highest BCUT2D eigenvalue weighted by Gasteiger charge is 2.16. The Morgan fingerprint density at radius 3 is 2.25 bits per heavy atom. The maximum Gasteiger partial charge on any atom is 0.239 e. The number of primary amides is 1. The third-order valence-electron chi connectivity index (χ3n) is 4.56. The molecule has 3 rings (SSSR count). The maximum atomic E-state index is 11.7. The van der Waals surface area contributed by atoms with Crippen LogP contribution in [-0.4, -0.2) is 23.9 Å². The zero-order chi connectivity index (χ0) is 16.8. The number of amides is 1. The highest BCUT2D eigenvalue weighted by atomic mass is 16.1. The molecule has 4 nitrogen and oxygen atoms in total. The number of hydrogen-bond donors (Lipinski definition) is 2. The number of likely N-dealkylation sites (tertiary alicyclic amines) is 1. The van der Waals surface area contributed by atoms with Gasteiger partial charge in [0, 0.05) is 13.1 Å². The second kappa shape index (κ2) is 8.08. The first-order valence-electron chi connectivity index (χ1n) is 8.60. The molecule has 2 aromatic rings. The van der Waals surface area contributed by atoms with Gasteiger partial charge in [0.15, 0.2) is 0 Å². The summed E-state index contributed by atoms with van der Waals surface area (Å²) >= 11 is 0. The second-order valence-electron chi connectivity index (χ2n) is 6.43. The summed E-state index contributed by atoms with van der Waals surface area (Å²) in [6.45, 7) is 4.06. The fourth-order valence-corrected chi connectivity index (χ4v) is 3.21. The van der Waals surface area contributed by atoms with E-state index in [2.05, 4.69) is 34.5 Å². The van der Waals surface area contributed by atoms with Crippen molar-refractivity contribution in [3.63, 3.8) is 0 Å². The number of nitrogens with zero attached hydrogens (tertiary/aromatic N) is 1. The van der Waals surface area contributed by atoms with E-state index < -0.39 is 6.04 Å². The molecule has 2 aromatic carbocycles. The van der Waals surface area contributed by atoms with Gasteiger partial charge in [0.25, 0.3) is 0 Å². The molecule has 0 aromatic heterocycles. The quantitative estimate of drug-likeness (QED) is 0.823. The first-order valence-corrected chi connectivity index (χ1v) is 8.60. The summed E-state index contributed by atoms with van der Waals surface area (Å²) in [6, 6.07) is 17.7. The average Bonchev–Trinajstić information content (AvgIpc) is 3.10. The van der Waals surface area contributed by atoms with Crippen LogP contribution in [0.25, 0.3) is 0 Å². The molecule has 0 radical (unpaired) electrons. The second-order valence-corrected chi connectivity index (χ2v) is 6.43. The third kappa shape index (κ3) is 4.43. The molecule has 1 aliphatic rings. The molecule has 0 bridgehead atoms. The van der Waals surface area contributed by atoms with E-state index in [0.717, 1.165) is 17.7 Å². The van der Waals surface area contributed by atoms with Crippen LogP contribution in [0.4, 0.5) is 0 Å². The van der Waals surface area contributed by atoms with Crippen LogP contribution in [-0.2, 0) is 17.9 Å². The van der Waals surface area contributed by atoms with E-state index in [1.807, 2.05) is 30.3 Å². The molecule has 1 aliphatic heterocycles. The van der Waals surface area contributed by atoms with Gasteiger partial charge in [-0.05, 0) is 42.6 Å². The summed E-state index contributed by atoms with van der Waals surface area (Å²) in [7, 11) is 0. The summed E-state index contributed by atoms with van der Waals surface area (Å²) < 4.78 is 0. The molecule has 0 aliphatic carbocycles. The summed E-state index contributed by atoms with van der Waals surface area (Å²) in [5.41, 5.74) is 8.94. The Labute approximate surface area is 143 Å². The van der Waals surface area contributed by atoms with Crippen molar-refractivity contribution in [3.8, 4) is 0 Å². The van der Waals surface area contributed by atoms with Crippen LogP contribution in [0.15, 0.2) is 54.6 Å². The van der Waals surface area contributed by atoms with Gasteiger partial charge in [0.05, 0.1) is 0 Å². The predicted molar refractivity (Wildman–Crippen MR) is 96.2 cm³/mol. The average molecular weight is 323 g/mol. The van der Waals surface area contributed by atoms with Gasteiger partial charge in [0.2, 0.25) is 5.91 Å². The molecule has 1 saturated heterocycles. The minimum atomic E-state index is -0.463. The van der Waals surface area contributed by atoms with Crippen LogP contribution in [0.1, 0.15) is 35.6 Å². The van der Waals surface area contributed by atoms with Crippen molar-refractivity contribution < 1.29 is 4.79 Å². The lowest BCUT2D eigenvalue weighted by atomic mass is 10.1. The molecule has 1 fully saturated rings. The highest BCUT2D eigenvalue weighted by Crippen LogP contribution is 2.15. The lowest BCUT2D eigenvalue weighted by molar-refractivity contribution is -0.120. The number of nitrogens with two attached hydrogens (primary N) is 1. The van der Waals surface area contributed by atoms with E-state index >= 15 is 0 Å². The fourth-order valence-electron chi connectivity index (χ4n) is 3.21. The Morgan fingerprint density at radius 1 is 1.00 bits per heavy atom. The molecule has 3 N–H and O–H groups in total. The smallest absolute Gasteiger partial charge is 0.239 e. The normalized spacial score (nSPS) is 16.2. The van der Waals surface area contributed by atoms with Gasteiger partial charge in [-0.2, -0.15) is 0 Å². The van der Waals surface area contributed by atoms with E-state index in [1.54, 1.807) is 0 Å². The van der Waals surface area contributed by atoms with Crippen molar-refractivity contribution >= 4 is 5.91 Å². The van der Waals surface area contributed by atoms with Crippen LogP contribution in [0.2, 0.25) is 0 Å². The number of rotatable bonds is 7. The van der Waals surface area contributed by atoms with E-state index in [-0.39, 0.29) is 5.91 Å². The predicted octanol–water partition coefficient (Wildman–Crippen LogP) is 2.60. The Morgan fingerprint density at radius 2 is 1.62 bits per heavy atom. The molecular formula is C20H25N3O. The Hall–Kier alpha value is -2.17. The molecule has 1 heterocycles. The van der Waals surface area contributed by atoms with Crippen LogP contribution in [0, 0.1) is 0 Å². The SMILES string of the molecule is NC(=O)C(NCc1ccc(CN2CCCC2)cc1)c1ccccc1. The molecule has 24 heavy (non-hydrogen) atoms. The molecule has 0 spiro atoms. The van der Waals surface area contributed by atoms with E-state index in [1.165, 1.54) is 31.5 Å². The summed E-state index contributed by atoms with van der Waals surface area (Å²) in [4.78, 5) is 14.2. The topological polar surface area (TPSA) is 58.4 Å². The lowest BCUT2D eigenvalue weighted by Gasteiger charge is -2.17. The molecule has 1 atom stereocenters. The number of hydrogen-bond acceptors (Lipinski definition) is 3. The monoisotopic (exact) mass is 323 g/mol. The molecular weight excluding hydrogens is 298 g/mol. The highest BCUT2D eigenvalue weighted by molar-refractivity contribution is 5.81. The van der Waals surface area contributed by atoms with Crippen molar-refractivity contribution in [2.24, 2.45) is 5.73 Å². The Kier molecular flexibility index (Phi) is 5.62. The fraction of sp³-hybridized carbons (Fsp3) is 0.350. The zero-order valence-corrected chi connectivity index (χ0v) is 13.9. The van der Waals surface area contributed by atoms with Crippen LogP contribution < -0.4 is 11.1 Å². The number of carbonyl (C=O) groups is 1. The number of carbonyl (C=O) groups excluding carboxylic acids is 1. The summed E-state index contributed by atoms with van der Waals surface area (Å²) in [5, 5.41) is 3.26. The third-order valence-corrected chi connectivity index (χ3v) is 4.56. The zero-order valence-electron chi connectivity index (χ0n) is 13.9. The van der Waals surface area contributed by atoms with Crippen LogP contribution in [0.3, 0.4) is 0 Å². The largest absolute Gasteiger partial charge is 0.368 e. The first kappa shape index (κ1) is 16.7. The van der Waals surface area contributed by atoms with Crippen molar-refractivity contribution in [2.45, 2.75) is 32.0 Å². The van der Waals surface area contributed by atoms with Crippen molar-refractivity contribution in [3.05, 3.63) is 71.3 Å². The Bertz CT molecular complexity index is 648. The molecule has 1 unspecified atom stereocenters. The van der Waals surface area contributed by atoms with Crippen molar-refractivity contribution in [1.82, 2.24) is 10.2 Å². The van der Waals surface area contributed by atoms with Gasteiger partial charge >= 0.3 is 0 Å². The van der Waals surface area contributed by atoms with Gasteiger partial charge in [-0.25, -0.2) is 0 Å². The van der Waals surface area contributed by atoms with Gasteiger partial charge in [-0.15, -0.1) is 0 Å². The minimum absolute atomic E-state index is 0.355. The lowest BCUT2D eigenvalue weighted by Crippen LogP contribution is -2.33. The molecule has 126 valence electrons. The number of benzene rings is 2. The van der Waals surface area contributed by atoms with Gasteiger partial charge < -0.3 is 5.73 Å².